The van der Waals surface area contributed by atoms with E-state index in [0.29, 0.717) is 13.2 Å². The smallest absolute Gasteiger partial charge is 0.119 e. The molecule has 2 N–H and O–H groups in total. The van der Waals surface area contributed by atoms with Gasteiger partial charge in [-0.1, -0.05) is 29.8 Å². The zero-order valence-corrected chi connectivity index (χ0v) is 12.2. The molecular weight excluding hydrogens is 248 g/mol. The third kappa shape index (κ3) is 4.00. The number of rotatable bonds is 6. The molecule has 0 unspecified atom stereocenters. The number of anilines is 1. The first-order chi connectivity index (χ1) is 9.69. The van der Waals surface area contributed by atoms with Crippen molar-refractivity contribution in [1.29, 1.82) is 0 Å². The van der Waals surface area contributed by atoms with E-state index in [-0.39, 0.29) is 0 Å². The fraction of sp³-hybridized carbons (Fsp3) is 0.294. The van der Waals surface area contributed by atoms with Gasteiger partial charge in [0, 0.05) is 19.3 Å². The number of nitrogens with two attached hydrogens (primary N) is 1. The molecule has 0 aromatic heterocycles. The van der Waals surface area contributed by atoms with Gasteiger partial charge in [0.25, 0.3) is 0 Å². The highest BCUT2D eigenvalue weighted by Gasteiger charge is 2.01. The molecule has 2 aromatic rings. The van der Waals surface area contributed by atoms with Crippen LogP contribution in [0.3, 0.4) is 0 Å². The molecule has 0 aliphatic rings. The number of hydrogen-bond acceptors (Lipinski definition) is 3. The van der Waals surface area contributed by atoms with Crippen molar-refractivity contribution < 1.29 is 4.74 Å². The van der Waals surface area contributed by atoms with Crippen molar-refractivity contribution in [2.24, 2.45) is 5.73 Å². The summed E-state index contributed by atoms with van der Waals surface area (Å²) in [6, 6.07) is 16.4. The summed E-state index contributed by atoms with van der Waals surface area (Å²) >= 11 is 0. The molecule has 3 nitrogen and oxygen atoms in total. The Bertz CT molecular complexity index is 537. The molecule has 0 fully saturated rings. The standard InChI is InChI=1S/C17H22N2O/c1-14-6-8-16(9-7-14)19(2)10-11-20-17-5-3-4-15(12-17)13-18/h3-9,12H,10-11,13,18H2,1-2H3. The van der Waals surface area contributed by atoms with Crippen LogP contribution in [0.1, 0.15) is 11.1 Å². The van der Waals surface area contributed by atoms with Gasteiger partial charge >= 0.3 is 0 Å². The zero-order chi connectivity index (χ0) is 14.4. The second kappa shape index (κ2) is 6.96. The minimum absolute atomic E-state index is 0.542. The van der Waals surface area contributed by atoms with Gasteiger partial charge in [-0.2, -0.15) is 0 Å². The highest BCUT2D eigenvalue weighted by Crippen LogP contribution is 2.15. The molecule has 0 radical (unpaired) electrons. The summed E-state index contributed by atoms with van der Waals surface area (Å²) in [6.07, 6.45) is 0. The van der Waals surface area contributed by atoms with Crippen LogP contribution in [-0.4, -0.2) is 20.2 Å². The van der Waals surface area contributed by atoms with Crippen LogP contribution >= 0.6 is 0 Å². The molecule has 0 atom stereocenters. The Kier molecular flexibility index (Phi) is 5.02. The minimum Gasteiger partial charge on any atom is -0.492 e. The zero-order valence-electron chi connectivity index (χ0n) is 12.2. The molecule has 0 bridgehead atoms. The number of nitrogens with zero attached hydrogens (tertiary/aromatic N) is 1. The van der Waals surface area contributed by atoms with Gasteiger partial charge in [0.1, 0.15) is 12.4 Å². The Hall–Kier alpha value is -2.00. The highest BCUT2D eigenvalue weighted by atomic mass is 16.5. The summed E-state index contributed by atoms with van der Waals surface area (Å²) in [6.45, 7) is 4.13. The average molecular weight is 270 g/mol. The fourth-order valence-electron chi connectivity index (χ4n) is 1.99. The lowest BCUT2D eigenvalue weighted by molar-refractivity contribution is 0.325. The van der Waals surface area contributed by atoms with Crippen LogP contribution in [0.2, 0.25) is 0 Å². The van der Waals surface area contributed by atoms with Crippen molar-refractivity contribution in [1.82, 2.24) is 0 Å². The second-order valence-corrected chi connectivity index (χ2v) is 4.96. The van der Waals surface area contributed by atoms with E-state index in [0.717, 1.165) is 17.9 Å². The van der Waals surface area contributed by atoms with E-state index >= 15 is 0 Å². The normalized spacial score (nSPS) is 10.3. The topological polar surface area (TPSA) is 38.5 Å². The summed E-state index contributed by atoms with van der Waals surface area (Å²) in [4.78, 5) is 2.19. The van der Waals surface area contributed by atoms with Crippen LogP contribution in [0.15, 0.2) is 48.5 Å². The molecular formula is C17H22N2O. The van der Waals surface area contributed by atoms with Gasteiger partial charge in [0.15, 0.2) is 0 Å². The third-order valence-electron chi connectivity index (χ3n) is 3.30. The first-order valence-corrected chi connectivity index (χ1v) is 6.88. The van der Waals surface area contributed by atoms with Crippen LogP contribution in [0.5, 0.6) is 5.75 Å². The van der Waals surface area contributed by atoms with Gasteiger partial charge in [-0.05, 0) is 36.8 Å². The first kappa shape index (κ1) is 14.4. The maximum atomic E-state index is 5.77. The summed E-state index contributed by atoms with van der Waals surface area (Å²) in [5.41, 5.74) is 9.19. The molecule has 0 amide bonds. The molecule has 2 rings (SSSR count). The van der Waals surface area contributed by atoms with Gasteiger partial charge in [0.2, 0.25) is 0 Å². The number of benzene rings is 2. The maximum Gasteiger partial charge on any atom is 0.119 e. The second-order valence-electron chi connectivity index (χ2n) is 4.96. The van der Waals surface area contributed by atoms with Crippen molar-refractivity contribution in [3.8, 4) is 5.75 Å². The van der Waals surface area contributed by atoms with Gasteiger partial charge < -0.3 is 15.4 Å². The summed E-state index contributed by atoms with van der Waals surface area (Å²) < 4.78 is 5.77. The van der Waals surface area contributed by atoms with Crippen molar-refractivity contribution >= 4 is 5.69 Å². The van der Waals surface area contributed by atoms with Crippen LogP contribution in [0.4, 0.5) is 5.69 Å². The van der Waals surface area contributed by atoms with Crippen LogP contribution in [0, 0.1) is 6.92 Å². The largest absolute Gasteiger partial charge is 0.492 e. The van der Waals surface area contributed by atoms with Crippen molar-refractivity contribution in [2.45, 2.75) is 13.5 Å². The van der Waals surface area contributed by atoms with Crippen molar-refractivity contribution in [2.75, 3.05) is 25.1 Å². The lowest BCUT2D eigenvalue weighted by atomic mass is 10.2. The Balaban J connectivity index is 1.84. The Labute approximate surface area is 121 Å². The molecule has 2 aromatic carbocycles. The molecule has 106 valence electrons. The van der Waals surface area contributed by atoms with Crippen LogP contribution < -0.4 is 15.4 Å². The predicted octanol–water partition coefficient (Wildman–Crippen LogP) is 2.97. The Morgan fingerprint density at radius 2 is 1.85 bits per heavy atom. The van der Waals surface area contributed by atoms with E-state index < -0.39 is 0 Å². The summed E-state index contributed by atoms with van der Waals surface area (Å²) in [5, 5.41) is 0. The Morgan fingerprint density at radius 3 is 2.55 bits per heavy atom. The van der Waals surface area contributed by atoms with E-state index in [9.17, 15) is 0 Å². The number of aryl methyl sites for hydroxylation is 1. The van der Waals surface area contributed by atoms with Crippen LogP contribution in [0.25, 0.3) is 0 Å². The van der Waals surface area contributed by atoms with Gasteiger partial charge in [-0.25, -0.2) is 0 Å². The molecule has 0 aliphatic carbocycles. The first-order valence-electron chi connectivity index (χ1n) is 6.88. The maximum absolute atomic E-state index is 5.77. The molecule has 3 heteroatoms. The minimum atomic E-state index is 0.542. The quantitative estimate of drug-likeness (QED) is 0.877. The lowest BCUT2D eigenvalue weighted by Gasteiger charge is -2.19. The van der Waals surface area contributed by atoms with Gasteiger partial charge in [0.05, 0.1) is 6.54 Å². The number of ether oxygens (including phenoxy) is 1. The van der Waals surface area contributed by atoms with E-state index in [1.165, 1.54) is 11.3 Å². The van der Waals surface area contributed by atoms with Gasteiger partial charge in [-0.3, -0.25) is 0 Å². The summed E-state index contributed by atoms with van der Waals surface area (Å²) in [7, 11) is 2.07. The van der Waals surface area contributed by atoms with Crippen molar-refractivity contribution in [3.05, 3.63) is 59.7 Å². The monoisotopic (exact) mass is 270 g/mol. The summed E-state index contributed by atoms with van der Waals surface area (Å²) in [5.74, 6) is 0.880. The van der Waals surface area contributed by atoms with Gasteiger partial charge in [-0.15, -0.1) is 0 Å². The predicted molar refractivity (Wildman–Crippen MR) is 84.3 cm³/mol. The van der Waals surface area contributed by atoms with E-state index in [4.69, 9.17) is 10.5 Å². The molecule has 0 spiro atoms. The van der Waals surface area contributed by atoms with Crippen molar-refractivity contribution in [3.63, 3.8) is 0 Å². The Morgan fingerprint density at radius 1 is 1.10 bits per heavy atom. The van der Waals surface area contributed by atoms with E-state index in [1.807, 2.05) is 24.3 Å². The lowest BCUT2D eigenvalue weighted by Crippen LogP contribution is -2.23. The average Bonchev–Trinajstić information content (AvgIpc) is 2.48. The molecule has 0 heterocycles. The fourth-order valence-corrected chi connectivity index (χ4v) is 1.99. The SMILES string of the molecule is Cc1ccc(N(C)CCOc2cccc(CN)c2)cc1. The molecule has 0 saturated heterocycles. The van der Waals surface area contributed by atoms with E-state index in [1.54, 1.807) is 0 Å². The molecule has 0 aliphatic heterocycles. The molecule has 0 saturated carbocycles. The van der Waals surface area contributed by atoms with E-state index in [2.05, 4.69) is 43.1 Å². The highest BCUT2D eigenvalue weighted by molar-refractivity contribution is 5.46. The number of hydrogen-bond donors (Lipinski definition) is 1. The third-order valence-corrected chi connectivity index (χ3v) is 3.30. The molecule has 20 heavy (non-hydrogen) atoms. The number of likely N-dealkylation sites (N-methyl/N-ethyl adjacent to an activating group) is 1. The van der Waals surface area contributed by atoms with Crippen LogP contribution in [-0.2, 0) is 6.54 Å².